The van der Waals surface area contributed by atoms with E-state index in [1.54, 1.807) is 0 Å². The van der Waals surface area contributed by atoms with E-state index in [1.165, 1.54) is 0 Å². The van der Waals surface area contributed by atoms with E-state index >= 15 is 0 Å². The van der Waals surface area contributed by atoms with Crippen LogP contribution >= 0.6 is 0 Å². The first-order valence-electron chi connectivity index (χ1n) is 9.42. The largest absolute Gasteiger partial charge is 0.384 e. The Hall–Kier alpha value is -2.92. The monoisotopic (exact) mass is 378 g/mol. The summed E-state index contributed by atoms with van der Waals surface area (Å²) in [5.74, 6) is 0.287. The lowest BCUT2D eigenvalue weighted by Gasteiger charge is -2.12. The van der Waals surface area contributed by atoms with Crippen LogP contribution < -0.4 is 11.1 Å². The van der Waals surface area contributed by atoms with E-state index in [2.05, 4.69) is 34.5 Å². The van der Waals surface area contributed by atoms with Gasteiger partial charge in [-0.1, -0.05) is 37.5 Å². The van der Waals surface area contributed by atoms with Crippen molar-refractivity contribution in [1.29, 1.82) is 0 Å². The second kappa shape index (κ2) is 10.4. The first-order chi connectivity index (χ1) is 13.3. The summed E-state index contributed by atoms with van der Waals surface area (Å²) in [7, 11) is 0. The average molecular weight is 379 g/mol. The zero-order valence-electron chi connectivity index (χ0n) is 17.0. The topological polar surface area (TPSA) is 72.5 Å². The van der Waals surface area contributed by atoms with E-state index in [-0.39, 0.29) is 11.9 Å². The lowest BCUT2D eigenvalue weighted by Crippen LogP contribution is -2.15. The molecule has 0 saturated heterocycles. The van der Waals surface area contributed by atoms with Crippen LogP contribution in [0, 0.1) is 0 Å². The Bertz CT molecular complexity index is 844. The Labute approximate surface area is 168 Å². The molecule has 0 amide bonds. The maximum Gasteiger partial charge on any atom is 0.116 e. The Kier molecular flexibility index (Phi) is 7.96. The standard InChI is InChI=1S/C23H30N4O/c1-16(2)28-15-22-12-8-11-21(27-22)14-25-18(4)17(3)13-23(26-19(5)24)20-9-6-7-10-20/h6-9,11-13,16,25H,4-5,10,14-15,24H2,1-3H3/b17-13+,26-23+. The van der Waals surface area contributed by atoms with Crippen LogP contribution in [0.5, 0.6) is 0 Å². The SMILES string of the molecule is C=C(N)/N=C(\C=C(/C)C(=C)NCc1cccc(COC(C)C)n1)C1=CC=CC1. The number of hydrogen-bond acceptors (Lipinski definition) is 5. The third-order valence-electron chi connectivity index (χ3n) is 4.11. The summed E-state index contributed by atoms with van der Waals surface area (Å²) in [4.78, 5) is 8.99. The van der Waals surface area contributed by atoms with Crippen LogP contribution in [-0.2, 0) is 17.9 Å². The van der Waals surface area contributed by atoms with E-state index < -0.39 is 0 Å². The molecule has 1 aliphatic carbocycles. The van der Waals surface area contributed by atoms with E-state index in [0.29, 0.717) is 13.2 Å². The molecule has 148 valence electrons. The Morgan fingerprint density at radius 1 is 1.36 bits per heavy atom. The van der Waals surface area contributed by atoms with Crippen molar-refractivity contribution in [2.45, 2.75) is 46.4 Å². The Balaban J connectivity index is 2.00. The predicted molar refractivity (Wildman–Crippen MR) is 117 cm³/mol. The highest BCUT2D eigenvalue weighted by Crippen LogP contribution is 2.17. The average Bonchev–Trinajstić information content (AvgIpc) is 3.18. The Morgan fingerprint density at radius 2 is 2.11 bits per heavy atom. The fourth-order valence-corrected chi connectivity index (χ4v) is 2.58. The van der Waals surface area contributed by atoms with Crippen molar-refractivity contribution >= 4 is 5.71 Å². The van der Waals surface area contributed by atoms with Gasteiger partial charge >= 0.3 is 0 Å². The van der Waals surface area contributed by atoms with E-state index in [0.717, 1.165) is 40.4 Å². The van der Waals surface area contributed by atoms with Gasteiger partial charge in [-0.05, 0) is 56.5 Å². The van der Waals surface area contributed by atoms with Crippen molar-refractivity contribution in [3.63, 3.8) is 0 Å². The fourth-order valence-electron chi connectivity index (χ4n) is 2.58. The third kappa shape index (κ3) is 7.00. The molecule has 3 N–H and O–H groups in total. The van der Waals surface area contributed by atoms with Crippen molar-refractivity contribution in [2.75, 3.05) is 0 Å². The summed E-state index contributed by atoms with van der Waals surface area (Å²) in [5, 5.41) is 3.33. The molecule has 0 unspecified atom stereocenters. The van der Waals surface area contributed by atoms with Crippen molar-refractivity contribution < 1.29 is 4.74 Å². The number of nitrogens with one attached hydrogen (secondary N) is 1. The lowest BCUT2D eigenvalue weighted by molar-refractivity contribution is 0.0635. The minimum atomic E-state index is 0.182. The van der Waals surface area contributed by atoms with Crippen molar-refractivity contribution in [1.82, 2.24) is 10.3 Å². The quantitative estimate of drug-likeness (QED) is 0.470. The van der Waals surface area contributed by atoms with Crippen LogP contribution in [0.25, 0.3) is 0 Å². The van der Waals surface area contributed by atoms with Gasteiger partial charge in [0.15, 0.2) is 0 Å². The van der Waals surface area contributed by atoms with Gasteiger partial charge in [-0.2, -0.15) is 0 Å². The maximum absolute atomic E-state index is 5.69. The van der Waals surface area contributed by atoms with Gasteiger partial charge in [0.25, 0.3) is 0 Å². The van der Waals surface area contributed by atoms with Gasteiger partial charge in [-0.3, -0.25) is 4.98 Å². The molecule has 0 radical (unpaired) electrons. The van der Waals surface area contributed by atoms with E-state index in [9.17, 15) is 0 Å². The molecule has 0 fully saturated rings. The number of ether oxygens (including phenoxy) is 1. The second-order valence-electron chi connectivity index (χ2n) is 6.95. The molecule has 0 spiro atoms. The molecule has 0 saturated carbocycles. The highest BCUT2D eigenvalue weighted by atomic mass is 16.5. The van der Waals surface area contributed by atoms with E-state index in [4.69, 9.17) is 10.5 Å². The predicted octanol–water partition coefficient (Wildman–Crippen LogP) is 4.31. The summed E-state index contributed by atoms with van der Waals surface area (Å²) in [6, 6.07) is 5.95. The van der Waals surface area contributed by atoms with Gasteiger partial charge < -0.3 is 15.8 Å². The number of allylic oxidation sites excluding steroid dienone is 6. The van der Waals surface area contributed by atoms with Crippen LogP contribution in [-0.4, -0.2) is 16.8 Å². The molecule has 1 heterocycles. The molecule has 5 heteroatoms. The van der Waals surface area contributed by atoms with Gasteiger partial charge in [-0.25, -0.2) is 4.99 Å². The smallest absolute Gasteiger partial charge is 0.116 e. The number of nitrogens with two attached hydrogens (primary N) is 1. The van der Waals surface area contributed by atoms with E-state index in [1.807, 2.05) is 57.2 Å². The third-order valence-corrected chi connectivity index (χ3v) is 4.11. The van der Waals surface area contributed by atoms with Crippen LogP contribution in [0.3, 0.4) is 0 Å². The summed E-state index contributed by atoms with van der Waals surface area (Å²) >= 11 is 0. The molecular formula is C23H30N4O. The Morgan fingerprint density at radius 3 is 2.75 bits per heavy atom. The molecule has 0 bridgehead atoms. The molecule has 5 nitrogen and oxygen atoms in total. The summed E-state index contributed by atoms with van der Waals surface area (Å²) in [6.45, 7) is 14.9. The first-order valence-corrected chi connectivity index (χ1v) is 9.42. The molecule has 28 heavy (non-hydrogen) atoms. The van der Waals surface area contributed by atoms with Gasteiger partial charge in [0, 0.05) is 5.70 Å². The van der Waals surface area contributed by atoms with Crippen LogP contribution in [0.15, 0.2) is 83.3 Å². The maximum atomic E-state index is 5.69. The minimum Gasteiger partial charge on any atom is -0.384 e. The van der Waals surface area contributed by atoms with Crippen molar-refractivity contribution in [2.24, 2.45) is 10.7 Å². The summed E-state index contributed by atoms with van der Waals surface area (Å²) in [5.41, 5.74) is 11.3. The summed E-state index contributed by atoms with van der Waals surface area (Å²) in [6.07, 6.45) is 9.14. The van der Waals surface area contributed by atoms with Crippen molar-refractivity contribution in [3.05, 3.63) is 89.7 Å². The lowest BCUT2D eigenvalue weighted by atomic mass is 10.1. The van der Waals surface area contributed by atoms with Gasteiger partial charge in [0.05, 0.1) is 36.4 Å². The molecule has 1 aromatic rings. The number of pyridine rings is 1. The molecule has 1 aromatic heterocycles. The van der Waals surface area contributed by atoms with Gasteiger partial charge in [-0.15, -0.1) is 0 Å². The van der Waals surface area contributed by atoms with Crippen LogP contribution in [0.2, 0.25) is 0 Å². The molecule has 0 aromatic carbocycles. The van der Waals surface area contributed by atoms with Crippen LogP contribution in [0.1, 0.15) is 38.6 Å². The molecule has 0 aliphatic heterocycles. The molecule has 0 atom stereocenters. The zero-order valence-corrected chi connectivity index (χ0v) is 17.0. The number of aliphatic imine (C=N–C) groups is 1. The number of rotatable bonds is 10. The minimum absolute atomic E-state index is 0.182. The summed E-state index contributed by atoms with van der Waals surface area (Å²) < 4.78 is 5.62. The number of hydrogen-bond donors (Lipinski definition) is 2. The molecular weight excluding hydrogens is 348 g/mol. The zero-order chi connectivity index (χ0) is 20.5. The highest BCUT2D eigenvalue weighted by molar-refractivity contribution is 6.10. The molecule has 2 rings (SSSR count). The fraction of sp³-hybridized carbons (Fsp3) is 0.304. The normalized spacial score (nSPS) is 14.4. The van der Waals surface area contributed by atoms with Crippen molar-refractivity contribution in [3.8, 4) is 0 Å². The first kappa shape index (κ1) is 21.4. The number of aromatic nitrogens is 1. The molecule has 1 aliphatic rings. The van der Waals surface area contributed by atoms with Gasteiger partial charge in [0.1, 0.15) is 5.82 Å². The second-order valence-corrected chi connectivity index (χ2v) is 6.95. The highest BCUT2D eigenvalue weighted by Gasteiger charge is 2.08. The number of nitrogens with zero attached hydrogens (tertiary/aromatic N) is 2. The van der Waals surface area contributed by atoms with Crippen LogP contribution in [0.4, 0.5) is 0 Å². The van der Waals surface area contributed by atoms with Gasteiger partial charge in [0.2, 0.25) is 0 Å².